The minimum absolute atomic E-state index is 0.0773. The molecule has 1 atom stereocenters. The average Bonchev–Trinajstić information content (AvgIpc) is 2.56. The predicted octanol–water partition coefficient (Wildman–Crippen LogP) is 4.42. The molecular weight excluding hydrogens is 296 g/mol. The van der Waals surface area contributed by atoms with E-state index in [4.69, 9.17) is 5.41 Å². The summed E-state index contributed by atoms with van der Waals surface area (Å²) in [5.41, 5.74) is 3.94. The minimum Gasteiger partial charge on any atom is -0.391 e. The van der Waals surface area contributed by atoms with Gasteiger partial charge in [-0.3, -0.25) is 4.99 Å². The van der Waals surface area contributed by atoms with Crippen LogP contribution in [0.4, 0.5) is 0 Å². The Morgan fingerprint density at radius 1 is 1.21 bits per heavy atom. The molecule has 0 saturated heterocycles. The van der Waals surface area contributed by atoms with Crippen molar-refractivity contribution in [2.75, 3.05) is 27.7 Å². The Hall–Kier alpha value is -1.84. The smallest absolute Gasteiger partial charge is 0.0952 e. The van der Waals surface area contributed by atoms with Crippen molar-refractivity contribution in [3.05, 3.63) is 35.1 Å². The highest BCUT2D eigenvalue weighted by Crippen LogP contribution is 2.18. The fourth-order valence-electron chi connectivity index (χ4n) is 2.16. The maximum Gasteiger partial charge on any atom is 0.0952 e. The third kappa shape index (κ3) is 8.14. The lowest BCUT2D eigenvalue weighted by Crippen LogP contribution is -2.21. The summed E-state index contributed by atoms with van der Waals surface area (Å²) in [6.45, 7) is 11.0. The molecule has 136 valence electrons. The lowest BCUT2D eigenvalue weighted by atomic mass is 9.91. The van der Waals surface area contributed by atoms with Gasteiger partial charge in [0.15, 0.2) is 0 Å². The summed E-state index contributed by atoms with van der Waals surface area (Å²) in [6.07, 6.45) is 8.36. The van der Waals surface area contributed by atoms with Crippen LogP contribution in [0.5, 0.6) is 0 Å². The van der Waals surface area contributed by atoms with Crippen LogP contribution >= 0.6 is 0 Å². The molecule has 4 heteroatoms. The van der Waals surface area contributed by atoms with Crippen LogP contribution in [0.1, 0.15) is 47.5 Å². The Labute approximate surface area is 148 Å². The molecule has 0 aromatic carbocycles. The quantitative estimate of drug-likeness (QED) is 0.373. The molecule has 1 unspecified atom stereocenters. The summed E-state index contributed by atoms with van der Waals surface area (Å²) in [6, 6.07) is 0. The van der Waals surface area contributed by atoms with Crippen LogP contribution in [0.3, 0.4) is 0 Å². The van der Waals surface area contributed by atoms with Gasteiger partial charge in [-0.25, -0.2) is 0 Å². The van der Waals surface area contributed by atoms with Crippen LogP contribution in [0.2, 0.25) is 0 Å². The van der Waals surface area contributed by atoms with Crippen molar-refractivity contribution in [2.24, 2.45) is 10.9 Å². The SMILES string of the molecule is CC/C=C/C(C)=C/C(CC/N=C(\C)N(C)C)C(=N)/C(C)=C(\C)NC. The zero-order valence-corrected chi connectivity index (χ0v) is 16.8. The predicted molar refractivity (Wildman–Crippen MR) is 108 cm³/mol. The summed E-state index contributed by atoms with van der Waals surface area (Å²) in [5, 5.41) is 11.7. The number of nitrogens with one attached hydrogen (secondary N) is 2. The van der Waals surface area contributed by atoms with E-state index < -0.39 is 0 Å². The molecule has 0 heterocycles. The first-order valence-electron chi connectivity index (χ1n) is 8.71. The highest BCUT2D eigenvalue weighted by atomic mass is 15.1. The van der Waals surface area contributed by atoms with Gasteiger partial charge in [0.1, 0.15) is 0 Å². The molecule has 2 N–H and O–H groups in total. The Kier molecular flexibility index (Phi) is 10.8. The molecule has 0 aromatic heterocycles. The first-order valence-corrected chi connectivity index (χ1v) is 8.71. The molecule has 0 bridgehead atoms. The van der Waals surface area contributed by atoms with Crippen molar-refractivity contribution in [1.29, 1.82) is 5.41 Å². The van der Waals surface area contributed by atoms with Gasteiger partial charge >= 0.3 is 0 Å². The number of hydrogen-bond donors (Lipinski definition) is 2. The molecule has 0 aromatic rings. The molecule has 0 saturated carbocycles. The average molecular weight is 333 g/mol. The maximum absolute atomic E-state index is 8.60. The molecule has 24 heavy (non-hydrogen) atoms. The van der Waals surface area contributed by atoms with Crippen LogP contribution < -0.4 is 5.32 Å². The Bertz CT molecular complexity index is 522. The van der Waals surface area contributed by atoms with Gasteiger partial charge in [-0.15, -0.1) is 0 Å². The van der Waals surface area contributed by atoms with Gasteiger partial charge in [-0.1, -0.05) is 30.7 Å². The summed E-state index contributed by atoms with van der Waals surface area (Å²) < 4.78 is 0. The molecule has 4 nitrogen and oxygen atoms in total. The van der Waals surface area contributed by atoms with Crippen LogP contribution in [0, 0.1) is 11.3 Å². The summed E-state index contributed by atoms with van der Waals surface area (Å²) >= 11 is 0. The van der Waals surface area contributed by atoms with Gasteiger partial charge in [0.25, 0.3) is 0 Å². The first kappa shape index (κ1) is 22.2. The van der Waals surface area contributed by atoms with Crippen molar-refractivity contribution in [1.82, 2.24) is 10.2 Å². The molecule has 0 spiro atoms. The number of allylic oxidation sites excluding steroid dienone is 6. The van der Waals surface area contributed by atoms with E-state index in [0.29, 0.717) is 5.71 Å². The van der Waals surface area contributed by atoms with E-state index in [-0.39, 0.29) is 5.92 Å². The topological polar surface area (TPSA) is 51.5 Å². The number of hydrogen-bond acceptors (Lipinski definition) is 3. The monoisotopic (exact) mass is 332 g/mol. The maximum atomic E-state index is 8.60. The minimum atomic E-state index is 0.0773. The Morgan fingerprint density at radius 3 is 2.33 bits per heavy atom. The number of nitrogens with zero attached hydrogens (tertiary/aromatic N) is 2. The molecule has 0 amide bonds. The van der Waals surface area contributed by atoms with Gasteiger partial charge in [-0.2, -0.15) is 0 Å². The van der Waals surface area contributed by atoms with Crippen molar-refractivity contribution >= 4 is 11.5 Å². The van der Waals surface area contributed by atoms with E-state index in [1.807, 2.05) is 46.8 Å². The van der Waals surface area contributed by atoms with Crippen molar-refractivity contribution < 1.29 is 0 Å². The van der Waals surface area contributed by atoms with Crippen molar-refractivity contribution in [3.8, 4) is 0 Å². The molecule has 0 aliphatic carbocycles. The van der Waals surface area contributed by atoms with Crippen LogP contribution in [0.15, 0.2) is 40.1 Å². The second-order valence-corrected chi connectivity index (χ2v) is 6.35. The van der Waals surface area contributed by atoms with Gasteiger partial charge in [0.2, 0.25) is 0 Å². The largest absolute Gasteiger partial charge is 0.391 e. The van der Waals surface area contributed by atoms with Crippen molar-refractivity contribution in [2.45, 2.75) is 47.5 Å². The van der Waals surface area contributed by atoms with E-state index in [1.165, 1.54) is 5.57 Å². The molecule has 0 aliphatic rings. The third-order valence-corrected chi connectivity index (χ3v) is 4.22. The third-order valence-electron chi connectivity index (χ3n) is 4.22. The lowest BCUT2D eigenvalue weighted by Gasteiger charge is -2.18. The summed E-state index contributed by atoms with van der Waals surface area (Å²) in [7, 11) is 5.90. The molecule has 0 aliphatic heterocycles. The Balaban J connectivity index is 5.34. The zero-order chi connectivity index (χ0) is 18.7. The molecule has 0 rings (SSSR count). The van der Waals surface area contributed by atoms with Gasteiger partial charge in [0, 0.05) is 45.0 Å². The van der Waals surface area contributed by atoms with E-state index in [1.54, 1.807) is 0 Å². The van der Waals surface area contributed by atoms with Gasteiger partial charge < -0.3 is 15.6 Å². The highest BCUT2D eigenvalue weighted by Gasteiger charge is 2.15. The number of aliphatic imine (C=N–C) groups is 1. The second-order valence-electron chi connectivity index (χ2n) is 6.35. The lowest BCUT2D eigenvalue weighted by molar-refractivity contribution is 0.609. The van der Waals surface area contributed by atoms with Crippen LogP contribution in [0.25, 0.3) is 0 Å². The van der Waals surface area contributed by atoms with Gasteiger partial charge in [-0.05, 0) is 46.1 Å². The standard InChI is InChI=1S/C20H36N4/c1-9-10-11-15(2)14-19(12-13-23-18(5)24(7)8)20(21)16(3)17(4)22-6/h10-11,14,19,21-22H,9,12-13H2,1-8H3/b11-10+,15-14+,17-16+,21-20?,23-18+. The van der Waals surface area contributed by atoms with Crippen LogP contribution in [-0.2, 0) is 0 Å². The van der Waals surface area contributed by atoms with E-state index in [2.05, 4.69) is 42.4 Å². The fraction of sp³-hybridized carbons (Fsp3) is 0.600. The van der Waals surface area contributed by atoms with Gasteiger partial charge in [0.05, 0.1) is 5.84 Å². The van der Waals surface area contributed by atoms with Crippen LogP contribution in [-0.4, -0.2) is 44.1 Å². The second kappa shape index (κ2) is 11.7. The summed E-state index contributed by atoms with van der Waals surface area (Å²) in [4.78, 5) is 6.62. The van der Waals surface area contributed by atoms with E-state index in [9.17, 15) is 0 Å². The van der Waals surface area contributed by atoms with E-state index in [0.717, 1.165) is 36.5 Å². The number of rotatable bonds is 9. The zero-order valence-electron chi connectivity index (χ0n) is 16.8. The molecule has 0 fully saturated rings. The molecule has 0 radical (unpaired) electrons. The highest BCUT2D eigenvalue weighted by molar-refractivity contribution is 6.00. The van der Waals surface area contributed by atoms with E-state index >= 15 is 0 Å². The first-order chi connectivity index (χ1) is 11.2. The molecular formula is C20H36N4. The number of amidine groups is 1. The summed E-state index contributed by atoms with van der Waals surface area (Å²) in [5.74, 6) is 1.10. The van der Waals surface area contributed by atoms with Crippen molar-refractivity contribution in [3.63, 3.8) is 0 Å². The Morgan fingerprint density at radius 2 is 1.83 bits per heavy atom. The normalized spacial score (nSPS) is 15.3. The fourth-order valence-corrected chi connectivity index (χ4v) is 2.16.